The molecule has 5 rings (SSSR count). The molecule has 2 fully saturated rings. The molecule has 2 amide bonds. The van der Waals surface area contributed by atoms with Crippen molar-refractivity contribution in [3.05, 3.63) is 59.9 Å². The summed E-state index contributed by atoms with van der Waals surface area (Å²) in [5, 5.41) is 2.92. The number of anilines is 1. The van der Waals surface area contributed by atoms with Crippen LogP contribution in [0.15, 0.2) is 48.5 Å². The fraction of sp³-hybridized carbons (Fsp3) is 0.318. The lowest BCUT2D eigenvalue weighted by atomic mass is 10.1. The molecule has 1 saturated heterocycles. The summed E-state index contributed by atoms with van der Waals surface area (Å²) in [7, 11) is 0. The van der Waals surface area contributed by atoms with Gasteiger partial charge in [0.15, 0.2) is 0 Å². The zero-order valence-corrected chi connectivity index (χ0v) is 15.5. The van der Waals surface area contributed by atoms with Crippen LogP contribution in [0.1, 0.15) is 47.9 Å². The van der Waals surface area contributed by atoms with Crippen molar-refractivity contribution in [1.29, 1.82) is 0 Å². The molecule has 0 spiro atoms. The number of amides is 2. The predicted molar refractivity (Wildman–Crippen MR) is 107 cm³/mol. The second kappa shape index (κ2) is 6.78. The number of fused-ring (bicyclic) bond motifs is 1. The molecule has 1 aromatic heterocycles. The molecule has 6 heteroatoms. The third-order valence-electron chi connectivity index (χ3n) is 5.56. The minimum Gasteiger partial charge on any atom is -0.340 e. The SMILES string of the molecule is O=C(Nc1cccc(C(=O)N2CCCC2c2nc3ccccc3[nH]2)c1)C1CC1. The smallest absolute Gasteiger partial charge is 0.254 e. The summed E-state index contributed by atoms with van der Waals surface area (Å²) in [6.45, 7) is 0.708. The number of nitrogens with zero attached hydrogens (tertiary/aromatic N) is 2. The Kier molecular flexibility index (Phi) is 4.11. The van der Waals surface area contributed by atoms with E-state index >= 15 is 0 Å². The number of para-hydroxylation sites is 2. The van der Waals surface area contributed by atoms with Crippen molar-refractivity contribution in [2.75, 3.05) is 11.9 Å². The Bertz CT molecular complexity index is 1020. The van der Waals surface area contributed by atoms with E-state index in [9.17, 15) is 9.59 Å². The van der Waals surface area contributed by atoms with Crippen LogP contribution in [-0.2, 0) is 4.79 Å². The molecule has 2 heterocycles. The number of carbonyl (C=O) groups excluding carboxylic acids is 2. The van der Waals surface area contributed by atoms with Crippen LogP contribution in [0.3, 0.4) is 0 Å². The van der Waals surface area contributed by atoms with E-state index in [1.807, 2.05) is 47.4 Å². The number of hydrogen-bond acceptors (Lipinski definition) is 3. The average molecular weight is 374 g/mol. The summed E-state index contributed by atoms with van der Waals surface area (Å²) >= 11 is 0. The van der Waals surface area contributed by atoms with Gasteiger partial charge < -0.3 is 15.2 Å². The molecular weight excluding hydrogens is 352 g/mol. The average Bonchev–Trinajstić information content (AvgIpc) is 3.30. The van der Waals surface area contributed by atoms with Crippen LogP contribution >= 0.6 is 0 Å². The number of carbonyl (C=O) groups is 2. The highest BCUT2D eigenvalue weighted by Crippen LogP contribution is 2.33. The van der Waals surface area contributed by atoms with Gasteiger partial charge in [-0.1, -0.05) is 18.2 Å². The predicted octanol–water partition coefficient (Wildman–Crippen LogP) is 3.89. The Morgan fingerprint density at radius 1 is 1.07 bits per heavy atom. The van der Waals surface area contributed by atoms with Gasteiger partial charge in [0.05, 0.1) is 17.1 Å². The number of imidazole rings is 1. The van der Waals surface area contributed by atoms with E-state index in [2.05, 4.69) is 10.3 Å². The van der Waals surface area contributed by atoms with Crippen molar-refractivity contribution >= 4 is 28.5 Å². The molecule has 0 bridgehead atoms. The lowest BCUT2D eigenvalue weighted by Gasteiger charge is -2.23. The molecule has 6 nitrogen and oxygen atoms in total. The van der Waals surface area contributed by atoms with E-state index in [0.717, 1.165) is 42.5 Å². The lowest BCUT2D eigenvalue weighted by molar-refractivity contribution is -0.117. The molecule has 2 aromatic carbocycles. The molecule has 0 radical (unpaired) electrons. The van der Waals surface area contributed by atoms with Crippen molar-refractivity contribution in [2.24, 2.45) is 5.92 Å². The second-order valence-corrected chi connectivity index (χ2v) is 7.64. The van der Waals surface area contributed by atoms with Crippen molar-refractivity contribution in [3.63, 3.8) is 0 Å². The minimum atomic E-state index is -0.0513. The van der Waals surface area contributed by atoms with Gasteiger partial charge in [-0.3, -0.25) is 9.59 Å². The molecule has 28 heavy (non-hydrogen) atoms. The quantitative estimate of drug-likeness (QED) is 0.727. The van der Waals surface area contributed by atoms with Gasteiger partial charge in [0.25, 0.3) is 5.91 Å². The third kappa shape index (κ3) is 3.15. The maximum Gasteiger partial charge on any atom is 0.254 e. The second-order valence-electron chi connectivity index (χ2n) is 7.64. The summed E-state index contributed by atoms with van der Waals surface area (Å²) < 4.78 is 0. The Labute approximate surface area is 163 Å². The van der Waals surface area contributed by atoms with Gasteiger partial charge in [0, 0.05) is 23.7 Å². The van der Waals surface area contributed by atoms with Crippen LogP contribution in [0.4, 0.5) is 5.69 Å². The number of rotatable bonds is 4. The van der Waals surface area contributed by atoms with Crippen LogP contribution in [0.25, 0.3) is 11.0 Å². The molecule has 2 aliphatic rings. The van der Waals surface area contributed by atoms with Gasteiger partial charge in [0.1, 0.15) is 5.82 Å². The Morgan fingerprint density at radius 3 is 2.75 bits per heavy atom. The maximum absolute atomic E-state index is 13.2. The molecule has 3 aromatic rings. The van der Waals surface area contributed by atoms with E-state index in [4.69, 9.17) is 4.98 Å². The number of aromatic amines is 1. The summed E-state index contributed by atoms with van der Waals surface area (Å²) in [6, 6.07) is 15.1. The molecule has 1 aliphatic heterocycles. The minimum absolute atomic E-state index is 0.0227. The molecule has 142 valence electrons. The van der Waals surface area contributed by atoms with Crippen molar-refractivity contribution in [1.82, 2.24) is 14.9 Å². The molecule has 1 atom stereocenters. The van der Waals surface area contributed by atoms with Crippen LogP contribution in [0.5, 0.6) is 0 Å². The highest BCUT2D eigenvalue weighted by Gasteiger charge is 2.33. The first-order valence-corrected chi connectivity index (χ1v) is 9.85. The largest absolute Gasteiger partial charge is 0.340 e. The molecule has 1 unspecified atom stereocenters. The van der Waals surface area contributed by atoms with Gasteiger partial charge in [0.2, 0.25) is 5.91 Å². The maximum atomic E-state index is 13.2. The summed E-state index contributed by atoms with van der Waals surface area (Å²) in [4.78, 5) is 35.2. The van der Waals surface area contributed by atoms with Gasteiger partial charge in [-0.25, -0.2) is 4.98 Å². The number of benzene rings is 2. The van der Waals surface area contributed by atoms with E-state index in [1.165, 1.54) is 0 Å². The summed E-state index contributed by atoms with van der Waals surface area (Å²) in [5.74, 6) is 0.997. The standard InChI is InChI=1S/C22H22N4O2/c27-21(14-10-11-14)23-16-6-3-5-15(13-16)22(28)26-12-4-9-19(26)20-24-17-7-1-2-8-18(17)25-20/h1-3,5-8,13-14,19H,4,9-12H2,(H,23,27)(H,24,25). The number of nitrogens with one attached hydrogen (secondary N) is 2. The number of likely N-dealkylation sites (tertiary alicyclic amines) is 1. The fourth-order valence-electron chi connectivity index (χ4n) is 3.91. The number of hydrogen-bond donors (Lipinski definition) is 2. The Balaban J connectivity index is 1.38. The van der Waals surface area contributed by atoms with Crippen LogP contribution in [0, 0.1) is 5.92 Å². The van der Waals surface area contributed by atoms with Crippen molar-refractivity contribution in [3.8, 4) is 0 Å². The third-order valence-corrected chi connectivity index (χ3v) is 5.56. The lowest BCUT2D eigenvalue weighted by Crippen LogP contribution is -2.31. The Morgan fingerprint density at radius 2 is 1.93 bits per heavy atom. The number of aromatic nitrogens is 2. The van der Waals surface area contributed by atoms with E-state index in [0.29, 0.717) is 17.8 Å². The first-order chi connectivity index (χ1) is 13.7. The summed E-state index contributed by atoms with van der Waals surface area (Å²) in [5.41, 5.74) is 3.18. The molecule has 1 aliphatic carbocycles. The van der Waals surface area contributed by atoms with Gasteiger partial charge in [-0.05, 0) is 56.0 Å². The van der Waals surface area contributed by atoms with Crippen LogP contribution < -0.4 is 5.32 Å². The Hall–Kier alpha value is -3.15. The van der Waals surface area contributed by atoms with E-state index in [1.54, 1.807) is 6.07 Å². The highest BCUT2D eigenvalue weighted by atomic mass is 16.2. The fourth-order valence-corrected chi connectivity index (χ4v) is 3.91. The zero-order chi connectivity index (χ0) is 19.1. The normalized spacial score (nSPS) is 19.1. The monoisotopic (exact) mass is 374 g/mol. The summed E-state index contributed by atoms with van der Waals surface area (Å²) in [6.07, 6.45) is 3.75. The zero-order valence-electron chi connectivity index (χ0n) is 15.5. The van der Waals surface area contributed by atoms with Crippen molar-refractivity contribution in [2.45, 2.75) is 31.7 Å². The first kappa shape index (κ1) is 17.0. The molecular formula is C22H22N4O2. The highest BCUT2D eigenvalue weighted by molar-refractivity contribution is 5.98. The van der Waals surface area contributed by atoms with Crippen molar-refractivity contribution < 1.29 is 9.59 Å². The molecule has 2 N–H and O–H groups in total. The first-order valence-electron chi connectivity index (χ1n) is 9.85. The number of H-pyrrole nitrogens is 1. The van der Waals surface area contributed by atoms with Gasteiger partial charge in [-0.15, -0.1) is 0 Å². The van der Waals surface area contributed by atoms with E-state index in [-0.39, 0.29) is 23.8 Å². The van der Waals surface area contributed by atoms with Gasteiger partial charge in [-0.2, -0.15) is 0 Å². The van der Waals surface area contributed by atoms with Gasteiger partial charge >= 0.3 is 0 Å². The molecule has 1 saturated carbocycles. The van der Waals surface area contributed by atoms with Crippen LogP contribution in [0.2, 0.25) is 0 Å². The van der Waals surface area contributed by atoms with E-state index < -0.39 is 0 Å². The van der Waals surface area contributed by atoms with Crippen LogP contribution in [-0.4, -0.2) is 33.2 Å². The topological polar surface area (TPSA) is 78.1 Å².